The molecule has 0 aliphatic rings. The molecule has 0 bridgehead atoms. The number of carbonyl (C=O) groups excluding carboxylic acids is 2. The monoisotopic (exact) mass is 844 g/mol. The molecule has 0 aromatic heterocycles. The third-order valence-electron chi connectivity index (χ3n) is 10.7. The van der Waals surface area contributed by atoms with E-state index >= 15 is 0 Å². The summed E-state index contributed by atoms with van der Waals surface area (Å²) in [6.45, 7) is 6.78. The van der Waals surface area contributed by atoms with Crippen molar-refractivity contribution in [3.05, 3.63) is 0 Å². The van der Waals surface area contributed by atoms with Crippen LogP contribution in [0, 0.1) is 0 Å². The molecule has 56 heavy (non-hydrogen) atoms. The van der Waals surface area contributed by atoms with Crippen LogP contribution >= 0.6 is 0 Å². The summed E-state index contributed by atoms with van der Waals surface area (Å²) in [5, 5.41) is 28.9. The van der Waals surface area contributed by atoms with E-state index in [1.807, 2.05) is 0 Å². The molecule has 7 heteroatoms. The summed E-state index contributed by atoms with van der Waals surface area (Å²) in [6.07, 6.45) is 52.6. The molecule has 0 aromatic rings. The molecular formula is C49H96CuO6. The van der Waals surface area contributed by atoms with Gasteiger partial charge in [0.1, 0.15) is 0 Å². The van der Waals surface area contributed by atoms with Gasteiger partial charge in [0, 0.05) is 18.4 Å². The Hall–Kier alpha value is -1.07. The van der Waals surface area contributed by atoms with Crippen molar-refractivity contribution in [1.82, 2.24) is 0 Å². The fourth-order valence-corrected chi connectivity index (χ4v) is 7.04. The van der Waals surface area contributed by atoms with Gasteiger partial charge in [-0.2, -0.15) is 0 Å². The summed E-state index contributed by atoms with van der Waals surface area (Å²) < 4.78 is 0. The minimum atomic E-state index is -0.905. The number of hydrogen-bond acceptors (Lipinski definition) is 5. The third kappa shape index (κ3) is 70.7. The Balaban J connectivity index is -0.000000359. The number of carbonyl (C=O) groups is 3. The fraction of sp³-hybridized carbons (Fsp3) is 0.939. The normalized spacial score (nSPS) is 10.6. The minimum Gasteiger partial charge on any atom is -0.550 e. The molecule has 0 saturated carbocycles. The second-order valence-electron chi connectivity index (χ2n) is 16.5. The molecule has 0 spiro atoms. The van der Waals surface area contributed by atoms with Gasteiger partial charge in [-0.1, -0.05) is 258 Å². The SMILES string of the molecule is CCCCCCCCCCCCCCCC(=O)[O-].CCCCCCCCCCCCCCCC(=O)[O-].CCCCCCCCCCCCCCCCC(=O)O.[Cu+2]. The Kier molecular flexibility index (Phi) is 64.1. The van der Waals surface area contributed by atoms with Gasteiger partial charge in [0.05, 0.1) is 0 Å². The molecular weight excluding hydrogens is 748 g/mol. The second kappa shape index (κ2) is 58.2. The average molecular weight is 845 g/mol. The summed E-state index contributed by atoms with van der Waals surface area (Å²) in [5.74, 6) is -2.46. The van der Waals surface area contributed by atoms with Crippen molar-refractivity contribution >= 4 is 17.9 Å². The maximum absolute atomic E-state index is 10.3. The summed E-state index contributed by atoms with van der Waals surface area (Å²) in [7, 11) is 0. The van der Waals surface area contributed by atoms with Crippen LogP contribution < -0.4 is 10.2 Å². The van der Waals surface area contributed by atoms with E-state index in [1.54, 1.807) is 0 Å². The molecule has 1 radical (unpaired) electrons. The van der Waals surface area contributed by atoms with Crippen molar-refractivity contribution in [2.24, 2.45) is 0 Å². The van der Waals surface area contributed by atoms with Gasteiger partial charge < -0.3 is 24.9 Å². The van der Waals surface area contributed by atoms with Crippen molar-refractivity contribution in [3.63, 3.8) is 0 Å². The smallest absolute Gasteiger partial charge is 0.550 e. The van der Waals surface area contributed by atoms with Crippen LogP contribution in [0.2, 0.25) is 0 Å². The number of aliphatic carboxylic acids is 3. The molecule has 0 rings (SSSR count). The zero-order valence-corrected chi connectivity index (χ0v) is 38.6. The molecule has 0 saturated heterocycles. The number of carboxylic acid groups (broad SMARTS) is 3. The molecule has 0 aromatic carbocycles. The van der Waals surface area contributed by atoms with Crippen molar-refractivity contribution in [2.45, 2.75) is 297 Å². The van der Waals surface area contributed by atoms with Crippen molar-refractivity contribution in [2.75, 3.05) is 0 Å². The Bertz CT molecular complexity index is 706. The van der Waals surface area contributed by atoms with Gasteiger partial charge in [0.2, 0.25) is 0 Å². The summed E-state index contributed by atoms with van der Waals surface area (Å²) >= 11 is 0. The molecule has 0 fully saturated rings. The molecule has 0 aliphatic carbocycles. The van der Waals surface area contributed by atoms with E-state index in [0.717, 1.165) is 38.5 Å². The molecule has 0 atom stereocenters. The van der Waals surface area contributed by atoms with Crippen LogP contribution in [0.3, 0.4) is 0 Å². The van der Waals surface area contributed by atoms with Gasteiger partial charge in [-0.3, -0.25) is 4.79 Å². The van der Waals surface area contributed by atoms with Crippen LogP contribution in [0.4, 0.5) is 0 Å². The number of unbranched alkanes of at least 4 members (excludes halogenated alkanes) is 37. The zero-order valence-electron chi connectivity index (χ0n) is 37.7. The topological polar surface area (TPSA) is 118 Å². The number of rotatable bonds is 43. The summed E-state index contributed by atoms with van der Waals surface area (Å²) in [4.78, 5) is 30.7. The Labute approximate surface area is 360 Å². The van der Waals surface area contributed by atoms with E-state index < -0.39 is 17.9 Å². The maximum atomic E-state index is 10.3. The van der Waals surface area contributed by atoms with Crippen molar-refractivity contribution in [1.29, 1.82) is 0 Å². The van der Waals surface area contributed by atoms with Crippen LogP contribution in [0.15, 0.2) is 0 Å². The van der Waals surface area contributed by atoms with Gasteiger partial charge in [-0.05, 0) is 32.1 Å². The van der Waals surface area contributed by atoms with Crippen molar-refractivity contribution < 1.29 is 46.8 Å². The summed E-state index contributed by atoms with van der Waals surface area (Å²) in [6, 6.07) is 0. The average Bonchev–Trinajstić information content (AvgIpc) is 3.15. The van der Waals surface area contributed by atoms with Crippen LogP contribution in [0.1, 0.15) is 297 Å². The van der Waals surface area contributed by atoms with E-state index in [1.165, 1.54) is 218 Å². The first-order chi connectivity index (χ1) is 26.8. The molecule has 0 amide bonds. The van der Waals surface area contributed by atoms with Crippen LogP contribution in [-0.2, 0) is 31.5 Å². The fourth-order valence-electron chi connectivity index (χ4n) is 7.04. The molecule has 1 N–H and O–H groups in total. The van der Waals surface area contributed by atoms with E-state index in [2.05, 4.69) is 20.8 Å². The first kappa shape index (κ1) is 61.6. The van der Waals surface area contributed by atoms with Gasteiger partial charge in [-0.15, -0.1) is 0 Å². The van der Waals surface area contributed by atoms with Crippen LogP contribution in [0.5, 0.6) is 0 Å². The Morgan fingerprint density at radius 3 is 0.571 bits per heavy atom. The standard InChI is InChI=1S/C17H34O2.2C16H32O2.Cu/c1-2-3-4-5-6-7-8-9-10-11-12-13-14-15-16-17(18)19;2*1-2-3-4-5-6-7-8-9-10-11-12-13-14-15-16(17)18;/h2-16H2,1H3,(H,18,19);2*2-15H2,1H3,(H,17,18);/q;;;+2/p-2. The van der Waals surface area contributed by atoms with Crippen molar-refractivity contribution in [3.8, 4) is 0 Å². The molecule has 0 unspecified atom stereocenters. The largest absolute Gasteiger partial charge is 2.00 e. The quantitative estimate of drug-likeness (QED) is 0.0482. The van der Waals surface area contributed by atoms with Crippen LogP contribution in [0.25, 0.3) is 0 Å². The van der Waals surface area contributed by atoms with Gasteiger partial charge in [0.25, 0.3) is 0 Å². The van der Waals surface area contributed by atoms with E-state index in [9.17, 15) is 24.6 Å². The van der Waals surface area contributed by atoms with Gasteiger partial charge in [0.15, 0.2) is 0 Å². The van der Waals surface area contributed by atoms with Gasteiger partial charge in [-0.25, -0.2) is 0 Å². The Morgan fingerprint density at radius 1 is 0.286 bits per heavy atom. The second-order valence-corrected chi connectivity index (χ2v) is 16.5. The van der Waals surface area contributed by atoms with E-state index in [-0.39, 0.29) is 29.9 Å². The predicted molar refractivity (Wildman–Crippen MR) is 233 cm³/mol. The van der Waals surface area contributed by atoms with Crippen LogP contribution in [-0.4, -0.2) is 23.0 Å². The Morgan fingerprint density at radius 2 is 0.429 bits per heavy atom. The first-order valence-electron chi connectivity index (χ1n) is 24.4. The van der Waals surface area contributed by atoms with E-state index in [0.29, 0.717) is 6.42 Å². The predicted octanol–water partition coefficient (Wildman–Crippen LogP) is 14.4. The van der Waals surface area contributed by atoms with E-state index in [4.69, 9.17) is 5.11 Å². The third-order valence-corrected chi connectivity index (χ3v) is 10.7. The first-order valence-corrected chi connectivity index (χ1v) is 24.4. The van der Waals surface area contributed by atoms with Gasteiger partial charge >= 0.3 is 23.0 Å². The molecule has 6 nitrogen and oxygen atoms in total. The number of carboxylic acids is 3. The zero-order chi connectivity index (χ0) is 41.1. The minimum absolute atomic E-state index is 0. The molecule has 339 valence electrons. The number of hydrogen-bond donors (Lipinski definition) is 1. The molecule has 0 aliphatic heterocycles. The maximum Gasteiger partial charge on any atom is 2.00 e. The summed E-state index contributed by atoms with van der Waals surface area (Å²) in [5.41, 5.74) is 0. The molecule has 0 heterocycles.